The molecular formula is C9H7Cl2N3OS. The number of aliphatic hydroxyl groups is 1. The first-order valence-electron chi connectivity index (χ1n) is 4.36. The van der Waals surface area contributed by atoms with E-state index < -0.39 is 0 Å². The van der Waals surface area contributed by atoms with Gasteiger partial charge in [0.2, 0.25) is 0 Å². The summed E-state index contributed by atoms with van der Waals surface area (Å²) in [6.45, 7) is -0.240. The van der Waals surface area contributed by atoms with Crippen molar-refractivity contribution in [2.24, 2.45) is 0 Å². The molecule has 0 spiro atoms. The highest BCUT2D eigenvalue weighted by atomic mass is 35.5. The third kappa shape index (κ3) is 1.87. The van der Waals surface area contributed by atoms with Crippen molar-refractivity contribution in [1.82, 2.24) is 14.8 Å². The zero-order chi connectivity index (χ0) is 11.7. The molecule has 2 aromatic rings. The number of benzene rings is 1. The van der Waals surface area contributed by atoms with Crippen molar-refractivity contribution in [3.05, 3.63) is 38.8 Å². The third-order valence-electron chi connectivity index (χ3n) is 2.06. The average molecular weight is 276 g/mol. The van der Waals surface area contributed by atoms with Crippen LogP contribution in [0.2, 0.25) is 10.0 Å². The van der Waals surface area contributed by atoms with Crippen LogP contribution in [0.15, 0.2) is 18.2 Å². The molecule has 0 aliphatic heterocycles. The predicted molar refractivity (Wildman–Crippen MR) is 64.7 cm³/mol. The normalized spacial score (nSPS) is 10.7. The van der Waals surface area contributed by atoms with Gasteiger partial charge in [0.15, 0.2) is 10.6 Å². The third-order valence-corrected chi connectivity index (χ3v) is 3.14. The summed E-state index contributed by atoms with van der Waals surface area (Å²) in [7, 11) is 0. The van der Waals surface area contributed by atoms with E-state index in [-0.39, 0.29) is 6.61 Å². The number of nitrogens with one attached hydrogen (secondary N) is 1. The molecule has 0 amide bonds. The summed E-state index contributed by atoms with van der Waals surface area (Å²) in [6, 6.07) is 5.17. The summed E-state index contributed by atoms with van der Waals surface area (Å²) in [4.78, 5) is 0. The van der Waals surface area contributed by atoms with E-state index in [1.165, 1.54) is 0 Å². The predicted octanol–water partition coefficient (Wildman–Crippen LogP) is 2.73. The van der Waals surface area contributed by atoms with E-state index in [1.54, 1.807) is 22.8 Å². The van der Waals surface area contributed by atoms with Crippen molar-refractivity contribution in [2.75, 3.05) is 0 Å². The molecule has 0 aliphatic carbocycles. The highest BCUT2D eigenvalue weighted by molar-refractivity contribution is 7.71. The van der Waals surface area contributed by atoms with E-state index in [0.717, 1.165) is 0 Å². The Bertz CT molecular complexity index is 578. The molecule has 4 nitrogen and oxygen atoms in total. The Labute approximate surface area is 106 Å². The lowest BCUT2D eigenvalue weighted by Gasteiger charge is -2.08. The summed E-state index contributed by atoms with van der Waals surface area (Å²) in [6.07, 6.45) is 0. The minimum Gasteiger partial charge on any atom is -0.388 e. The number of rotatable bonds is 2. The van der Waals surface area contributed by atoms with Crippen molar-refractivity contribution >= 4 is 35.4 Å². The van der Waals surface area contributed by atoms with Gasteiger partial charge in [0.05, 0.1) is 15.7 Å². The molecule has 1 heterocycles. The first-order valence-corrected chi connectivity index (χ1v) is 5.53. The highest BCUT2D eigenvalue weighted by Gasteiger charge is 2.12. The van der Waals surface area contributed by atoms with Crippen molar-refractivity contribution < 1.29 is 5.11 Å². The van der Waals surface area contributed by atoms with E-state index in [0.29, 0.717) is 26.3 Å². The first kappa shape index (κ1) is 11.6. The van der Waals surface area contributed by atoms with Gasteiger partial charge in [-0.2, -0.15) is 5.10 Å². The van der Waals surface area contributed by atoms with Crippen molar-refractivity contribution in [1.29, 1.82) is 0 Å². The fourth-order valence-electron chi connectivity index (χ4n) is 1.35. The van der Waals surface area contributed by atoms with Gasteiger partial charge in [-0.1, -0.05) is 29.3 Å². The van der Waals surface area contributed by atoms with Crippen LogP contribution in [0.3, 0.4) is 0 Å². The van der Waals surface area contributed by atoms with Gasteiger partial charge in [0, 0.05) is 0 Å². The number of aromatic amines is 1. The quantitative estimate of drug-likeness (QED) is 0.829. The van der Waals surface area contributed by atoms with Crippen LogP contribution < -0.4 is 0 Å². The molecular weight excluding hydrogens is 269 g/mol. The molecule has 7 heteroatoms. The molecule has 1 aromatic carbocycles. The second-order valence-corrected chi connectivity index (χ2v) is 4.18. The SMILES string of the molecule is OCc1n[nH]c(=S)n1-c1cccc(Cl)c1Cl. The number of H-pyrrole nitrogens is 1. The minimum absolute atomic E-state index is 0.240. The maximum absolute atomic E-state index is 9.13. The maximum atomic E-state index is 9.13. The van der Waals surface area contributed by atoms with Crippen LogP contribution in [-0.4, -0.2) is 19.9 Å². The van der Waals surface area contributed by atoms with Crippen LogP contribution in [0, 0.1) is 4.77 Å². The molecule has 2 rings (SSSR count). The number of halogens is 2. The molecule has 0 radical (unpaired) electrons. The lowest BCUT2D eigenvalue weighted by Crippen LogP contribution is -2.02. The van der Waals surface area contributed by atoms with E-state index in [9.17, 15) is 0 Å². The van der Waals surface area contributed by atoms with Crippen molar-refractivity contribution in [3.8, 4) is 5.69 Å². The molecule has 0 atom stereocenters. The number of hydrogen-bond donors (Lipinski definition) is 2. The van der Waals surface area contributed by atoms with Crippen LogP contribution >= 0.6 is 35.4 Å². The summed E-state index contributed by atoms with van der Waals surface area (Å²) in [5.74, 6) is 0.383. The molecule has 84 valence electrons. The lowest BCUT2D eigenvalue weighted by molar-refractivity contribution is 0.269. The van der Waals surface area contributed by atoms with Crippen molar-refractivity contribution in [3.63, 3.8) is 0 Å². The Morgan fingerprint density at radius 3 is 2.88 bits per heavy atom. The Kier molecular flexibility index (Phi) is 3.30. The Morgan fingerprint density at radius 2 is 2.19 bits per heavy atom. The molecule has 0 aliphatic rings. The van der Waals surface area contributed by atoms with Crippen LogP contribution in [0.5, 0.6) is 0 Å². The van der Waals surface area contributed by atoms with Crippen LogP contribution in [-0.2, 0) is 6.61 Å². The van der Waals surface area contributed by atoms with E-state index in [2.05, 4.69) is 10.2 Å². The van der Waals surface area contributed by atoms with Gasteiger partial charge in [-0.05, 0) is 24.4 Å². The number of nitrogens with zero attached hydrogens (tertiary/aromatic N) is 2. The summed E-state index contributed by atoms with van der Waals surface area (Å²) < 4.78 is 1.90. The van der Waals surface area contributed by atoms with Crippen LogP contribution in [0.4, 0.5) is 0 Å². The molecule has 0 saturated heterocycles. The maximum Gasteiger partial charge on any atom is 0.199 e. The number of hydrogen-bond acceptors (Lipinski definition) is 3. The molecule has 1 aromatic heterocycles. The first-order chi connectivity index (χ1) is 7.65. The zero-order valence-electron chi connectivity index (χ0n) is 7.94. The monoisotopic (exact) mass is 275 g/mol. The molecule has 2 N–H and O–H groups in total. The van der Waals surface area contributed by atoms with Crippen LogP contribution in [0.25, 0.3) is 5.69 Å². The molecule has 0 unspecified atom stereocenters. The molecule has 0 saturated carbocycles. The Balaban J connectivity index is 2.72. The second kappa shape index (κ2) is 4.55. The van der Waals surface area contributed by atoms with Gasteiger partial charge in [0.1, 0.15) is 6.61 Å². The minimum atomic E-state index is -0.240. The fourth-order valence-corrected chi connectivity index (χ4v) is 1.98. The summed E-state index contributed by atoms with van der Waals surface area (Å²) in [5, 5.41) is 16.4. The largest absolute Gasteiger partial charge is 0.388 e. The highest BCUT2D eigenvalue weighted by Crippen LogP contribution is 2.29. The summed E-state index contributed by atoms with van der Waals surface area (Å²) >= 11 is 17.0. The van der Waals surface area contributed by atoms with Gasteiger partial charge in [-0.25, -0.2) is 0 Å². The van der Waals surface area contributed by atoms with Gasteiger partial charge in [-0.15, -0.1) is 0 Å². The van der Waals surface area contributed by atoms with Gasteiger partial charge in [-0.3, -0.25) is 9.67 Å². The second-order valence-electron chi connectivity index (χ2n) is 3.01. The van der Waals surface area contributed by atoms with E-state index in [4.69, 9.17) is 40.5 Å². The van der Waals surface area contributed by atoms with Crippen molar-refractivity contribution in [2.45, 2.75) is 6.61 Å². The number of aromatic nitrogens is 3. The van der Waals surface area contributed by atoms with Crippen LogP contribution in [0.1, 0.15) is 5.82 Å². The van der Waals surface area contributed by atoms with Gasteiger partial charge < -0.3 is 5.11 Å². The Hall–Kier alpha value is -0.880. The molecule has 0 fully saturated rings. The van der Waals surface area contributed by atoms with Gasteiger partial charge >= 0.3 is 0 Å². The molecule has 16 heavy (non-hydrogen) atoms. The summed E-state index contributed by atoms with van der Waals surface area (Å²) in [5.41, 5.74) is 0.594. The average Bonchev–Trinajstić information content (AvgIpc) is 2.64. The lowest BCUT2D eigenvalue weighted by atomic mass is 10.3. The topological polar surface area (TPSA) is 53.8 Å². The smallest absolute Gasteiger partial charge is 0.199 e. The standard InChI is InChI=1S/C9H7Cl2N3OS/c10-5-2-1-3-6(8(5)11)14-7(4-15)12-13-9(14)16/h1-3,15H,4H2,(H,13,16). The van der Waals surface area contributed by atoms with Gasteiger partial charge in [0.25, 0.3) is 0 Å². The Morgan fingerprint density at radius 1 is 1.44 bits per heavy atom. The molecule has 0 bridgehead atoms. The van der Waals surface area contributed by atoms with E-state index >= 15 is 0 Å². The fraction of sp³-hybridized carbons (Fsp3) is 0.111. The zero-order valence-corrected chi connectivity index (χ0v) is 10.3. The number of aliphatic hydroxyl groups excluding tert-OH is 1. The van der Waals surface area contributed by atoms with E-state index in [1.807, 2.05) is 0 Å².